The Labute approximate surface area is 184 Å². The van der Waals surface area contributed by atoms with Crippen molar-refractivity contribution in [3.05, 3.63) is 60.2 Å². The smallest absolute Gasteiger partial charge is 0.244 e. The zero-order valence-corrected chi connectivity index (χ0v) is 18.8. The van der Waals surface area contributed by atoms with Gasteiger partial charge in [0.1, 0.15) is 12.1 Å². The number of likely N-dealkylation sites (N-methyl/N-ethyl adjacent to an activating group) is 2. The highest BCUT2D eigenvalue weighted by Gasteiger charge is 2.32. The molecule has 2 atom stereocenters. The Bertz CT molecular complexity index is 787. The third-order valence-electron chi connectivity index (χ3n) is 5.62. The molecule has 31 heavy (non-hydrogen) atoms. The number of amides is 2. The molecular formula is C23H32N6O2. The molecule has 0 saturated carbocycles. The number of rotatable bonds is 6. The molecule has 166 valence electrons. The van der Waals surface area contributed by atoms with Crippen LogP contribution in [-0.2, 0) is 9.59 Å². The molecule has 3 heterocycles. The average molecular weight is 425 g/mol. The van der Waals surface area contributed by atoms with Gasteiger partial charge in [-0.2, -0.15) is 0 Å². The zero-order valence-electron chi connectivity index (χ0n) is 18.8. The lowest BCUT2D eigenvalue weighted by molar-refractivity contribution is -0.138. The molecular weight excluding hydrogens is 392 g/mol. The number of aromatic nitrogens is 2. The molecule has 0 aromatic carbocycles. The fourth-order valence-corrected chi connectivity index (χ4v) is 4.10. The predicted octanol–water partition coefficient (Wildman–Crippen LogP) is 1.44. The lowest BCUT2D eigenvalue weighted by atomic mass is 10.1. The average Bonchev–Trinajstić information content (AvgIpc) is 3.01. The molecule has 8 heteroatoms. The fourth-order valence-electron chi connectivity index (χ4n) is 4.10. The topological polar surface area (TPSA) is 72.9 Å². The van der Waals surface area contributed by atoms with E-state index in [-0.39, 0.29) is 23.9 Å². The number of hydrogen-bond donors (Lipinski definition) is 0. The normalized spacial score (nSPS) is 16.8. The van der Waals surface area contributed by atoms with Crippen LogP contribution in [0.5, 0.6) is 0 Å². The van der Waals surface area contributed by atoms with Gasteiger partial charge in [0.15, 0.2) is 0 Å². The lowest BCUT2D eigenvalue weighted by Gasteiger charge is -2.31. The third kappa shape index (κ3) is 5.45. The summed E-state index contributed by atoms with van der Waals surface area (Å²) in [6.07, 6.45) is 7.65. The molecule has 3 rings (SSSR count). The third-order valence-corrected chi connectivity index (χ3v) is 5.62. The number of nitrogens with zero attached hydrogens (tertiary/aromatic N) is 6. The maximum Gasteiger partial charge on any atom is 0.244 e. The molecule has 0 N–H and O–H groups in total. The van der Waals surface area contributed by atoms with Gasteiger partial charge in [-0.1, -0.05) is 12.1 Å². The van der Waals surface area contributed by atoms with E-state index in [2.05, 4.69) is 9.97 Å². The Morgan fingerprint density at radius 3 is 1.52 bits per heavy atom. The summed E-state index contributed by atoms with van der Waals surface area (Å²) in [5.41, 5.74) is 1.75. The first-order chi connectivity index (χ1) is 14.9. The van der Waals surface area contributed by atoms with E-state index in [9.17, 15) is 9.59 Å². The maximum absolute atomic E-state index is 13.4. The van der Waals surface area contributed by atoms with Gasteiger partial charge in [0, 0.05) is 51.0 Å². The fraction of sp³-hybridized carbons (Fsp3) is 0.478. The monoisotopic (exact) mass is 424 g/mol. The lowest BCUT2D eigenvalue weighted by Crippen LogP contribution is -2.44. The van der Waals surface area contributed by atoms with E-state index in [0.29, 0.717) is 26.2 Å². The first kappa shape index (κ1) is 22.8. The molecule has 2 amide bonds. The first-order valence-corrected chi connectivity index (χ1v) is 10.6. The quantitative estimate of drug-likeness (QED) is 0.699. The number of carbonyl (C=O) groups excluding carboxylic acids is 2. The van der Waals surface area contributed by atoms with Gasteiger partial charge in [-0.25, -0.2) is 0 Å². The van der Waals surface area contributed by atoms with E-state index in [1.807, 2.05) is 72.1 Å². The van der Waals surface area contributed by atoms with Crippen LogP contribution in [0.4, 0.5) is 0 Å². The van der Waals surface area contributed by atoms with Crippen molar-refractivity contribution in [2.45, 2.75) is 18.5 Å². The Hall–Kier alpha value is -2.84. The molecule has 0 spiro atoms. The minimum atomic E-state index is -0.388. The SMILES string of the molecule is CN(C)C(C(=O)N1CCCN(C(=O)C(c2cccnc2)N(C)C)CC1)c1cccnc1. The van der Waals surface area contributed by atoms with E-state index in [4.69, 9.17) is 0 Å². The van der Waals surface area contributed by atoms with E-state index in [0.717, 1.165) is 17.5 Å². The molecule has 1 fully saturated rings. The molecule has 1 aliphatic heterocycles. The van der Waals surface area contributed by atoms with Crippen molar-refractivity contribution in [1.29, 1.82) is 0 Å². The van der Waals surface area contributed by atoms with Crippen LogP contribution >= 0.6 is 0 Å². The van der Waals surface area contributed by atoms with Gasteiger partial charge in [-0.15, -0.1) is 0 Å². The van der Waals surface area contributed by atoms with Gasteiger partial charge < -0.3 is 9.80 Å². The minimum Gasteiger partial charge on any atom is -0.339 e. The summed E-state index contributed by atoms with van der Waals surface area (Å²) in [4.78, 5) is 42.7. The molecule has 1 saturated heterocycles. The Morgan fingerprint density at radius 2 is 1.19 bits per heavy atom. The van der Waals surface area contributed by atoms with Gasteiger partial charge in [0.05, 0.1) is 0 Å². The van der Waals surface area contributed by atoms with Crippen molar-refractivity contribution in [2.75, 3.05) is 54.4 Å². The summed E-state index contributed by atoms with van der Waals surface area (Å²) in [5, 5.41) is 0. The van der Waals surface area contributed by atoms with Crippen LogP contribution in [0.2, 0.25) is 0 Å². The second-order valence-corrected chi connectivity index (χ2v) is 8.31. The molecule has 0 bridgehead atoms. The van der Waals surface area contributed by atoms with Crippen molar-refractivity contribution < 1.29 is 9.59 Å². The van der Waals surface area contributed by atoms with Crippen LogP contribution < -0.4 is 0 Å². The Morgan fingerprint density at radius 1 is 0.774 bits per heavy atom. The van der Waals surface area contributed by atoms with E-state index in [1.54, 1.807) is 24.8 Å². The second kappa shape index (κ2) is 10.5. The summed E-state index contributed by atoms with van der Waals surface area (Å²) in [6.45, 7) is 2.30. The van der Waals surface area contributed by atoms with E-state index < -0.39 is 0 Å². The van der Waals surface area contributed by atoms with Crippen molar-refractivity contribution in [3.63, 3.8) is 0 Å². The molecule has 2 aromatic rings. The van der Waals surface area contributed by atoms with Crippen LogP contribution in [0.25, 0.3) is 0 Å². The van der Waals surface area contributed by atoms with Crippen molar-refractivity contribution in [3.8, 4) is 0 Å². The minimum absolute atomic E-state index is 0.0451. The Kier molecular flexibility index (Phi) is 7.70. The highest BCUT2D eigenvalue weighted by molar-refractivity contribution is 5.84. The van der Waals surface area contributed by atoms with Crippen molar-refractivity contribution in [1.82, 2.24) is 29.6 Å². The molecule has 0 radical (unpaired) electrons. The Balaban J connectivity index is 1.72. The van der Waals surface area contributed by atoms with Gasteiger partial charge in [0.2, 0.25) is 11.8 Å². The van der Waals surface area contributed by atoms with Crippen LogP contribution in [0.1, 0.15) is 29.6 Å². The summed E-state index contributed by atoms with van der Waals surface area (Å²) in [5.74, 6) is 0.0902. The van der Waals surface area contributed by atoms with Gasteiger partial charge in [-0.05, 0) is 57.9 Å². The summed E-state index contributed by atoms with van der Waals surface area (Å²) in [6, 6.07) is 6.78. The van der Waals surface area contributed by atoms with Gasteiger partial charge >= 0.3 is 0 Å². The highest BCUT2D eigenvalue weighted by atomic mass is 16.2. The second-order valence-electron chi connectivity index (χ2n) is 8.31. The van der Waals surface area contributed by atoms with Crippen LogP contribution in [0.15, 0.2) is 49.1 Å². The van der Waals surface area contributed by atoms with Gasteiger partial charge in [-0.3, -0.25) is 29.4 Å². The van der Waals surface area contributed by atoms with E-state index >= 15 is 0 Å². The van der Waals surface area contributed by atoms with Crippen molar-refractivity contribution in [2.24, 2.45) is 0 Å². The standard InChI is InChI=1S/C23H32N6O2/c1-26(2)20(18-8-5-10-24-16-18)22(30)28-12-7-13-29(15-14-28)23(31)21(27(3)4)19-9-6-11-25-17-19/h5-6,8-11,16-17,20-21H,7,12-15H2,1-4H3. The van der Waals surface area contributed by atoms with Gasteiger partial charge in [0.25, 0.3) is 0 Å². The number of carbonyl (C=O) groups is 2. The van der Waals surface area contributed by atoms with Crippen LogP contribution in [0, 0.1) is 0 Å². The number of hydrogen-bond acceptors (Lipinski definition) is 6. The first-order valence-electron chi connectivity index (χ1n) is 10.6. The molecule has 2 aromatic heterocycles. The van der Waals surface area contributed by atoms with Crippen LogP contribution in [0.3, 0.4) is 0 Å². The van der Waals surface area contributed by atoms with E-state index in [1.165, 1.54) is 0 Å². The highest BCUT2D eigenvalue weighted by Crippen LogP contribution is 2.23. The summed E-state index contributed by atoms with van der Waals surface area (Å²) >= 11 is 0. The number of pyridine rings is 2. The molecule has 1 aliphatic rings. The maximum atomic E-state index is 13.4. The largest absolute Gasteiger partial charge is 0.339 e. The van der Waals surface area contributed by atoms with Crippen molar-refractivity contribution >= 4 is 11.8 Å². The molecule has 2 unspecified atom stereocenters. The summed E-state index contributed by atoms with van der Waals surface area (Å²) in [7, 11) is 7.61. The van der Waals surface area contributed by atoms with Crippen LogP contribution in [-0.4, -0.2) is 95.8 Å². The summed E-state index contributed by atoms with van der Waals surface area (Å²) < 4.78 is 0. The predicted molar refractivity (Wildman–Crippen MR) is 119 cm³/mol. The molecule has 0 aliphatic carbocycles. The zero-order chi connectivity index (χ0) is 22.4. The molecule has 8 nitrogen and oxygen atoms in total.